The number of aliphatic hydroxyl groups excluding tert-OH is 1. The number of fused-ring (bicyclic) bond motifs is 1. The Hall–Kier alpha value is -1.40. The van der Waals surface area contributed by atoms with E-state index in [2.05, 4.69) is 21.3 Å². The van der Waals surface area contributed by atoms with Gasteiger partial charge in [-0.25, -0.2) is 0 Å². The summed E-state index contributed by atoms with van der Waals surface area (Å²) in [6.45, 7) is 5.81. The minimum Gasteiger partial charge on any atom is -0.394 e. The van der Waals surface area contributed by atoms with Crippen LogP contribution in [0, 0.1) is 0 Å². The summed E-state index contributed by atoms with van der Waals surface area (Å²) in [5.74, 6) is 0. The van der Waals surface area contributed by atoms with Crippen molar-refractivity contribution >= 4 is 23.3 Å². The molecule has 0 spiro atoms. The Morgan fingerprint density at radius 2 is 2.00 bits per heavy atom. The highest BCUT2D eigenvalue weighted by atomic mass is 35.5. The number of halogens is 1. The number of aromatic nitrogens is 1. The number of pyridine rings is 1. The van der Waals surface area contributed by atoms with Gasteiger partial charge in [0.05, 0.1) is 12.6 Å². The second-order valence-corrected chi connectivity index (χ2v) is 5.81. The summed E-state index contributed by atoms with van der Waals surface area (Å²) < 4.78 is 0. The van der Waals surface area contributed by atoms with E-state index in [9.17, 15) is 9.90 Å². The minimum absolute atomic E-state index is 0. The predicted octanol–water partition coefficient (Wildman–Crippen LogP) is 1.45. The lowest BCUT2D eigenvalue weighted by atomic mass is 10.0. The molecule has 1 unspecified atom stereocenters. The molecular weight excluding hydrogens is 314 g/mol. The van der Waals surface area contributed by atoms with Crippen LogP contribution in [0.4, 0.5) is 0 Å². The average Bonchev–Trinajstić information content (AvgIpc) is 2.56. The van der Waals surface area contributed by atoms with Gasteiger partial charge in [0, 0.05) is 37.3 Å². The van der Waals surface area contributed by atoms with E-state index < -0.39 is 0 Å². The Balaban J connectivity index is 0.00000192. The lowest BCUT2D eigenvalue weighted by Gasteiger charge is -2.34. The first-order valence-corrected chi connectivity index (χ1v) is 7.94. The smallest absolute Gasteiger partial charge is 0.251 e. The molecule has 1 aromatic carbocycles. The molecule has 1 fully saturated rings. The van der Waals surface area contributed by atoms with Crippen LogP contribution in [0.1, 0.15) is 24.1 Å². The molecule has 0 saturated carbocycles. The van der Waals surface area contributed by atoms with Gasteiger partial charge in [-0.05, 0) is 29.5 Å². The van der Waals surface area contributed by atoms with Gasteiger partial charge in [0.15, 0.2) is 0 Å². The van der Waals surface area contributed by atoms with Gasteiger partial charge in [0.2, 0.25) is 0 Å². The molecule has 1 aliphatic heterocycles. The molecule has 126 valence electrons. The Morgan fingerprint density at radius 3 is 2.65 bits per heavy atom. The Kier molecular flexibility index (Phi) is 6.18. The first-order chi connectivity index (χ1) is 10.7. The summed E-state index contributed by atoms with van der Waals surface area (Å²) >= 11 is 0. The molecule has 2 aromatic rings. The fourth-order valence-electron chi connectivity index (χ4n) is 3.16. The Morgan fingerprint density at radius 1 is 1.26 bits per heavy atom. The maximum Gasteiger partial charge on any atom is 0.251 e. The normalized spacial score (nSPS) is 17.0. The van der Waals surface area contributed by atoms with Gasteiger partial charge in [-0.3, -0.25) is 9.69 Å². The van der Waals surface area contributed by atoms with Crippen LogP contribution in [-0.4, -0.2) is 47.8 Å². The topological polar surface area (TPSA) is 68.4 Å². The maximum absolute atomic E-state index is 12.0. The lowest BCUT2D eigenvalue weighted by molar-refractivity contribution is 0.111. The third kappa shape index (κ3) is 3.75. The predicted molar refractivity (Wildman–Crippen MR) is 95.5 cm³/mol. The third-order valence-electron chi connectivity index (χ3n) is 4.48. The van der Waals surface area contributed by atoms with Crippen LogP contribution in [-0.2, 0) is 6.42 Å². The van der Waals surface area contributed by atoms with Crippen molar-refractivity contribution in [2.45, 2.75) is 19.4 Å². The van der Waals surface area contributed by atoms with Gasteiger partial charge in [0.25, 0.3) is 5.56 Å². The maximum atomic E-state index is 12.0. The molecule has 3 rings (SSSR count). The van der Waals surface area contributed by atoms with Crippen molar-refractivity contribution in [1.82, 2.24) is 15.2 Å². The van der Waals surface area contributed by atoms with Crippen LogP contribution in [0.25, 0.3) is 10.9 Å². The Bertz CT molecular complexity index is 711. The van der Waals surface area contributed by atoms with Gasteiger partial charge in [-0.2, -0.15) is 0 Å². The third-order valence-corrected chi connectivity index (χ3v) is 4.48. The van der Waals surface area contributed by atoms with Gasteiger partial charge in [0.1, 0.15) is 0 Å². The van der Waals surface area contributed by atoms with Crippen LogP contribution in [0.5, 0.6) is 0 Å². The summed E-state index contributed by atoms with van der Waals surface area (Å²) in [6.07, 6.45) is 0.729. The molecule has 6 heteroatoms. The SMILES string of the molecule is CCc1cc2ccc(C(CO)N3CCNCC3)cc2[nH]c1=O.Cl. The van der Waals surface area contributed by atoms with Crippen molar-refractivity contribution in [2.24, 2.45) is 0 Å². The van der Waals surface area contributed by atoms with E-state index in [0.29, 0.717) is 0 Å². The van der Waals surface area contributed by atoms with Gasteiger partial charge in [-0.15, -0.1) is 12.4 Å². The molecule has 1 aromatic heterocycles. The van der Waals surface area contributed by atoms with Crippen molar-refractivity contribution in [3.05, 3.63) is 45.7 Å². The fourth-order valence-corrected chi connectivity index (χ4v) is 3.16. The quantitative estimate of drug-likeness (QED) is 0.790. The van der Waals surface area contributed by atoms with E-state index in [-0.39, 0.29) is 30.6 Å². The summed E-state index contributed by atoms with van der Waals surface area (Å²) in [7, 11) is 0. The van der Waals surface area contributed by atoms with E-state index >= 15 is 0 Å². The summed E-state index contributed by atoms with van der Waals surface area (Å²) in [6, 6.07) is 8.03. The largest absolute Gasteiger partial charge is 0.394 e. The first-order valence-electron chi connectivity index (χ1n) is 7.94. The molecule has 0 amide bonds. The summed E-state index contributed by atoms with van der Waals surface area (Å²) in [5, 5.41) is 14.2. The van der Waals surface area contributed by atoms with Crippen LogP contribution in [0.15, 0.2) is 29.1 Å². The number of aromatic amines is 1. The van der Waals surface area contributed by atoms with E-state index in [1.807, 2.05) is 25.1 Å². The fraction of sp³-hybridized carbons (Fsp3) is 0.471. The minimum atomic E-state index is -0.0186. The molecule has 23 heavy (non-hydrogen) atoms. The molecule has 0 aliphatic carbocycles. The van der Waals surface area contributed by atoms with E-state index in [1.165, 1.54) is 0 Å². The van der Waals surface area contributed by atoms with E-state index in [0.717, 1.165) is 54.6 Å². The average molecular weight is 338 g/mol. The second-order valence-electron chi connectivity index (χ2n) is 5.81. The van der Waals surface area contributed by atoms with Crippen LogP contribution in [0.2, 0.25) is 0 Å². The van der Waals surface area contributed by atoms with E-state index in [1.54, 1.807) is 0 Å². The molecule has 1 atom stereocenters. The van der Waals surface area contributed by atoms with Gasteiger partial charge >= 0.3 is 0 Å². The van der Waals surface area contributed by atoms with Gasteiger partial charge < -0.3 is 15.4 Å². The number of nitrogens with one attached hydrogen (secondary N) is 2. The number of benzene rings is 1. The highest BCUT2D eigenvalue weighted by Gasteiger charge is 2.21. The van der Waals surface area contributed by atoms with Crippen molar-refractivity contribution in [2.75, 3.05) is 32.8 Å². The van der Waals surface area contributed by atoms with Crippen molar-refractivity contribution < 1.29 is 5.11 Å². The van der Waals surface area contributed by atoms with Crippen LogP contribution < -0.4 is 10.9 Å². The number of hydrogen-bond donors (Lipinski definition) is 3. The van der Waals surface area contributed by atoms with Crippen molar-refractivity contribution in [1.29, 1.82) is 0 Å². The molecule has 0 bridgehead atoms. The lowest BCUT2D eigenvalue weighted by Crippen LogP contribution is -2.46. The number of nitrogens with zero attached hydrogens (tertiary/aromatic N) is 1. The second kappa shape index (κ2) is 7.93. The summed E-state index contributed by atoms with van der Waals surface area (Å²) in [4.78, 5) is 17.2. The Labute approximate surface area is 142 Å². The van der Waals surface area contributed by atoms with Crippen molar-refractivity contribution in [3.8, 4) is 0 Å². The number of aliphatic hydroxyl groups is 1. The zero-order valence-electron chi connectivity index (χ0n) is 13.3. The molecule has 0 radical (unpaired) electrons. The highest BCUT2D eigenvalue weighted by molar-refractivity contribution is 5.85. The summed E-state index contributed by atoms with van der Waals surface area (Å²) in [5.41, 5.74) is 2.68. The first kappa shape index (κ1) is 17.9. The van der Waals surface area contributed by atoms with E-state index in [4.69, 9.17) is 0 Å². The van der Waals surface area contributed by atoms with Crippen LogP contribution in [0.3, 0.4) is 0 Å². The molecule has 2 heterocycles. The number of rotatable bonds is 4. The van der Waals surface area contributed by atoms with Crippen LogP contribution >= 0.6 is 12.4 Å². The van der Waals surface area contributed by atoms with Gasteiger partial charge in [-0.1, -0.05) is 19.1 Å². The highest BCUT2D eigenvalue weighted by Crippen LogP contribution is 2.24. The number of H-pyrrole nitrogens is 1. The zero-order valence-corrected chi connectivity index (χ0v) is 14.2. The monoisotopic (exact) mass is 337 g/mol. The number of aryl methyl sites for hydroxylation is 1. The molecule has 1 aliphatic rings. The molecule has 3 N–H and O–H groups in total. The molecule has 5 nitrogen and oxygen atoms in total. The standard InChI is InChI=1S/C17H23N3O2.ClH/c1-2-12-9-13-3-4-14(10-15(13)19-17(12)22)16(11-21)20-7-5-18-6-8-20;/h3-4,9-10,16,18,21H,2,5-8,11H2,1H3,(H,19,22);1H. The molecular formula is C17H24ClN3O2. The molecule has 1 saturated heterocycles. The number of hydrogen-bond acceptors (Lipinski definition) is 4. The zero-order chi connectivity index (χ0) is 15.5. The van der Waals surface area contributed by atoms with Crippen molar-refractivity contribution in [3.63, 3.8) is 0 Å². The number of piperazine rings is 1.